The van der Waals surface area contributed by atoms with E-state index < -0.39 is 11.6 Å². The fourth-order valence-corrected chi connectivity index (χ4v) is 3.28. The lowest BCUT2D eigenvalue weighted by molar-refractivity contribution is 0.174. The smallest absolute Gasteiger partial charge is 0.223 e. The average molecular weight is 346 g/mol. The molecule has 1 atom stereocenters. The number of halogens is 2. The maximum absolute atomic E-state index is 14.0. The first kappa shape index (κ1) is 17.7. The molecule has 1 saturated heterocycles. The number of aromatic nitrogens is 2. The second-order valence-electron chi connectivity index (χ2n) is 6.89. The fourth-order valence-electron chi connectivity index (χ4n) is 3.28. The van der Waals surface area contributed by atoms with Crippen LogP contribution >= 0.6 is 0 Å². The van der Waals surface area contributed by atoms with Gasteiger partial charge in [0.1, 0.15) is 11.6 Å². The largest absolute Gasteiger partial charge is 0.350 e. The molecule has 0 saturated carbocycles. The van der Waals surface area contributed by atoms with Crippen molar-refractivity contribution in [2.24, 2.45) is 0 Å². The van der Waals surface area contributed by atoms with Crippen molar-refractivity contribution in [1.82, 2.24) is 14.9 Å². The Hall–Kier alpha value is -2.08. The van der Waals surface area contributed by atoms with Crippen molar-refractivity contribution in [2.45, 2.75) is 45.7 Å². The first-order chi connectivity index (χ1) is 11.9. The molecular formula is C19H24F2N4. The molecule has 0 radical (unpaired) electrons. The first-order valence-electron chi connectivity index (χ1n) is 8.73. The van der Waals surface area contributed by atoms with E-state index in [0.717, 1.165) is 32.0 Å². The van der Waals surface area contributed by atoms with E-state index in [1.165, 1.54) is 12.1 Å². The zero-order valence-electron chi connectivity index (χ0n) is 14.9. The van der Waals surface area contributed by atoms with Gasteiger partial charge in [0.05, 0.1) is 5.69 Å². The van der Waals surface area contributed by atoms with Gasteiger partial charge in [-0.2, -0.15) is 0 Å². The number of likely N-dealkylation sites (tertiary alicyclic amines) is 1. The van der Waals surface area contributed by atoms with E-state index in [4.69, 9.17) is 0 Å². The summed E-state index contributed by atoms with van der Waals surface area (Å²) >= 11 is 0. The van der Waals surface area contributed by atoms with Crippen LogP contribution in [-0.2, 0) is 0 Å². The quantitative estimate of drug-likeness (QED) is 0.908. The van der Waals surface area contributed by atoms with Crippen LogP contribution in [0, 0.1) is 18.6 Å². The maximum Gasteiger partial charge on any atom is 0.223 e. The zero-order valence-corrected chi connectivity index (χ0v) is 14.9. The van der Waals surface area contributed by atoms with Gasteiger partial charge in [0, 0.05) is 42.0 Å². The second-order valence-corrected chi connectivity index (χ2v) is 6.89. The van der Waals surface area contributed by atoms with Crippen LogP contribution < -0.4 is 5.32 Å². The number of aryl methyl sites for hydroxylation is 1. The van der Waals surface area contributed by atoms with Crippen molar-refractivity contribution >= 4 is 5.95 Å². The van der Waals surface area contributed by atoms with Crippen molar-refractivity contribution in [3.8, 4) is 11.1 Å². The van der Waals surface area contributed by atoms with Crippen molar-refractivity contribution in [3.63, 3.8) is 0 Å². The van der Waals surface area contributed by atoms with Crippen molar-refractivity contribution < 1.29 is 8.78 Å². The van der Waals surface area contributed by atoms with Crippen molar-refractivity contribution in [1.29, 1.82) is 0 Å². The molecule has 134 valence electrons. The molecule has 1 aliphatic heterocycles. The van der Waals surface area contributed by atoms with Crippen LogP contribution in [-0.4, -0.2) is 40.0 Å². The molecule has 1 unspecified atom stereocenters. The minimum absolute atomic E-state index is 0.309. The molecule has 1 N–H and O–H groups in total. The molecule has 6 heteroatoms. The molecular weight excluding hydrogens is 322 g/mol. The summed E-state index contributed by atoms with van der Waals surface area (Å²) in [6.07, 6.45) is 3.83. The second kappa shape index (κ2) is 7.44. The monoisotopic (exact) mass is 346 g/mol. The standard InChI is InChI=1S/C19H24F2N4/c1-12(2)25-8-4-5-15(11-25)24-19-22-10-17(13(3)23-19)16-7-6-14(20)9-18(16)21/h6-7,9-10,12,15H,4-5,8,11H2,1-3H3,(H,22,23,24). The average Bonchev–Trinajstić information content (AvgIpc) is 2.56. The highest BCUT2D eigenvalue weighted by Crippen LogP contribution is 2.26. The van der Waals surface area contributed by atoms with E-state index >= 15 is 0 Å². The molecule has 0 amide bonds. The third-order valence-corrected chi connectivity index (χ3v) is 4.72. The molecule has 1 aromatic heterocycles. The number of rotatable bonds is 4. The third kappa shape index (κ3) is 4.12. The molecule has 2 heterocycles. The Labute approximate surface area is 147 Å². The number of hydrogen-bond acceptors (Lipinski definition) is 4. The molecule has 0 aliphatic carbocycles. The zero-order chi connectivity index (χ0) is 18.0. The van der Waals surface area contributed by atoms with Crippen LogP contribution in [0.5, 0.6) is 0 Å². The van der Waals surface area contributed by atoms with Gasteiger partial charge in [-0.05, 0) is 52.3 Å². The summed E-state index contributed by atoms with van der Waals surface area (Å²) in [4.78, 5) is 11.3. The molecule has 0 bridgehead atoms. The van der Waals surface area contributed by atoms with Crippen molar-refractivity contribution in [2.75, 3.05) is 18.4 Å². The minimum atomic E-state index is -0.604. The van der Waals surface area contributed by atoms with Crippen LogP contribution in [0.25, 0.3) is 11.1 Å². The van der Waals surface area contributed by atoms with E-state index in [0.29, 0.717) is 34.9 Å². The third-order valence-electron chi connectivity index (χ3n) is 4.72. The first-order valence-corrected chi connectivity index (χ1v) is 8.73. The molecule has 0 spiro atoms. The Morgan fingerprint density at radius 3 is 2.72 bits per heavy atom. The van der Waals surface area contributed by atoms with E-state index in [2.05, 4.69) is 34.0 Å². The number of nitrogens with zero attached hydrogens (tertiary/aromatic N) is 3. The number of piperidine rings is 1. The molecule has 1 aliphatic rings. The lowest BCUT2D eigenvalue weighted by Crippen LogP contribution is -2.45. The maximum atomic E-state index is 14.0. The summed E-state index contributed by atoms with van der Waals surface area (Å²) in [6.45, 7) is 8.31. The molecule has 1 aromatic carbocycles. The lowest BCUT2D eigenvalue weighted by atomic mass is 10.0. The van der Waals surface area contributed by atoms with Gasteiger partial charge >= 0.3 is 0 Å². The Morgan fingerprint density at radius 2 is 2.04 bits per heavy atom. The Morgan fingerprint density at radius 1 is 1.24 bits per heavy atom. The van der Waals surface area contributed by atoms with Gasteiger partial charge in [-0.25, -0.2) is 18.7 Å². The van der Waals surface area contributed by atoms with Gasteiger partial charge in [0.2, 0.25) is 5.95 Å². The van der Waals surface area contributed by atoms with Gasteiger partial charge < -0.3 is 5.32 Å². The predicted octanol–water partition coefficient (Wildman–Crippen LogP) is 4.01. The lowest BCUT2D eigenvalue weighted by Gasteiger charge is -2.35. The van der Waals surface area contributed by atoms with Crippen LogP contribution in [0.3, 0.4) is 0 Å². The van der Waals surface area contributed by atoms with E-state index in [-0.39, 0.29) is 0 Å². The summed E-state index contributed by atoms with van der Waals surface area (Å²) in [5.74, 6) is -0.642. The summed E-state index contributed by atoms with van der Waals surface area (Å²) in [6, 6.07) is 4.38. The van der Waals surface area contributed by atoms with E-state index in [1.54, 1.807) is 6.20 Å². The molecule has 1 fully saturated rings. The topological polar surface area (TPSA) is 41.1 Å². The summed E-state index contributed by atoms with van der Waals surface area (Å²) in [5, 5.41) is 3.39. The fraction of sp³-hybridized carbons (Fsp3) is 0.474. The van der Waals surface area contributed by atoms with Gasteiger partial charge in [0.25, 0.3) is 0 Å². The molecule has 3 rings (SSSR count). The molecule has 2 aromatic rings. The number of hydrogen-bond donors (Lipinski definition) is 1. The highest BCUT2D eigenvalue weighted by Gasteiger charge is 2.22. The normalized spacial score (nSPS) is 18.6. The SMILES string of the molecule is Cc1nc(NC2CCCN(C(C)C)C2)ncc1-c1ccc(F)cc1F. The highest BCUT2D eigenvalue weighted by molar-refractivity contribution is 5.66. The van der Waals surface area contributed by atoms with Crippen LogP contribution in [0.4, 0.5) is 14.7 Å². The number of anilines is 1. The van der Waals surface area contributed by atoms with Gasteiger partial charge in [-0.1, -0.05) is 0 Å². The Bertz CT molecular complexity index is 748. The predicted molar refractivity (Wildman–Crippen MR) is 95.5 cm³/mol. The van der Waals surface area contributed by atoms with Crippen molar-refractivity contribution in [3.05, 3.63) is 41.7 Å². The van der Waals surface area contributed by atoms with Crippen LogP contribution in [0.1, 0.15) is 32.4 Å². The molecule has 25 heavy (non-hydrogen) atoms. The molecule has 4 nitrogen and oxygen atoms in total. The van der Waals surface area contributed by atoms with E-state index in [1.807, 2.05) is 6.92 Å². The van der Waals surface area contributed by atoms with Gasteiger partial charge in [-0.3, -0.25) is 4.90 Å². The highest BCUT2D eigenvalue weighted by atomic mass is 19.1. The summed E-state index contributed by atoms with van der Waals surface area (Å²) in [7, 11) is 0. The summed E-state index contributed by atoms with van der Waals surface area (Å²) < 4.78 is 27.1. The Kier molecular flexibility index (Phi) is 5.27. The minimum Gasteiger partial charge on any atom is -0.350 e. The summed E-state index contributed by atoms with van der Waals surface area (Å²) in [5.41, 5.74) is 1.56. The van der Waals surface area contributed by atoms with Crippen LogP contribution in [0.15, 0.2) is 24.4 Å². The van der Waals surface area contributed by atoms with Gasteiger partial charge in [-0.15, -0.1) is 0 Å². The van der Waals surface area contributed by atoms with Crippen LogP contribution in [0.2, 0.25) is 0 Å². The van der Waals surface area contributed by atoms with E-state index in [9.17, 15) is 8.78 Å². The van der Waals surface area contributed by atoms with Gasteiger partial charge in [0.15, 0.2) is 0 Å². The number of benzene rings is 1. The number of nitrogens with one attached hydrogen (secondary N) is 1. The Balaban J connectivity index is 1.76.